The van der Waals surface area contributed by atoms with Gasteiger partial charge in [-0.15, -0.1) is 0 Å². The fourth-order valence-corrected chi connectivity index (χ4v) is 1.20. The first-order chi connectivity index (χ1) is 7.15. The van der Waals surface area contributed by atoms with Crippen molar-refractivity contribution in [1.29, 1.82) is 0 Å². The van der Waals surface area contributed by atoms with E-state index in [4.69, 9.17) is 10.8 Å². The summed E-state index contributed by atoms with van der Waals surface area (Å²) in [5.41, 5.74) is 6.10. The minimum Gasteiger partial charge on any atom is -0.478 e. The predicted molar refractivity (Wildman–Crippen MR) is 58.1 cm³/mol. The lowest BCUT2D eigenvalue weighted by Gasteiger charge is -2.06. The van der Waals surface area contributed by atoms with Gasteiger partial charge in [0.2, 0.25) is 0 Å². The quantitative estimate of drug-likeness (QED) is 0.626. The molecule has 0 atom stereocenters. The second-order valence-electron chi connectivity index (χ2n) is 3.20. The van der Waals surface area contributed by atoms with E-state index >= 15 is 0 Å². The Balaban J connectivity index is 2.69. The van der Waals surface area contributed by atoms with Crippen LogP contribution in [0.3, 0.4) is 0 Å². The summed E-state index contributed by atoms with van der Waals surface area (Å²) in [6, 6.07) is 3.21. The van der Waals surface area contributed by atoms with Crippen LogP contribution in [0.5, 0.6) is 0 Å². The van der Waals surface area contributed by atoms with Crippen LogP contribution in [0.1, 0.15) is 22.5 Å². The third kappa shape index (κ3) is 3.21. The number of anilines is 1. The van der Waals surface area contributed by atoms with E-state index in [9.17, 15) is 4.79 Å². The van der Waals surface area contributed by atoms with Gasteiger partial charge in [-0.25, -0.2) is 9.78 Å². The molecule has 1 aromatic heterocycles. The first-order valence-electron chi connectivity index (χ1n) is 4.80. The van der Waals surface area contributed by atoms with Crippen LogP contribution in [0.15, 0.2) is 12.1 Å². The van der Waals surface area contributed by atoms with E-state index in [0.29, 0.717) is 18.1 Å². The lowest BCUT2D eigenvalue weighted by Crippen LogP contribution is -2.10. The van der Waals surface area contributed by atoms with E-state index in [2.05, 4.69) is 10.3 Å². The zero-order chi connectivity index (χ0) is 11.3. The van der Waals surface area contributed by atoms with Crippen LogP contribution in [0, 0.1) is 6.92 Å². The summed E-state index contributed by atoms with van der Waals surface area (Å²) in [5.74, 6) is -0.264. The Hall–Kier alpha value is -1.62. The number of hydrogen-bond donors (Lipinski definition) is 3. The fraction of sp³-hybridized carbons (Fsp3) is 0.400. The lowest BCUT2D eigenvalue weighted by molar-refractivity contribution is 0.0695. The molecule has 0 bridgehead atoms. The number of carbonyl (C=O) groups is 1. The Labute approximate surface area is 88.3 Å². The maximum atomic E-state index is 10.7. The lowest BCUT2D eigenvalue weighted by atomic mass is 10.2. The van der Waals surface area contributed by atoms with Gasteiger partial charge in [0.1, 0.15) is 5.82 Å². The first kappa shape index (κ1) is 11.5. The molecule has 1 rings (SSSR count). The van der Waals surface area contributed by atoms with E-state index in [1.165, 1.54) is 0 Å². The zero-order valence-electron chi connectivity index (χ0n) is 8.66. The van der Waals surface area contributed by atoms with Crippen LogP contribution in [-0.2, 0) is 0 Å². The number of rotatable bonds is 5. The summed E-state index contributed by atoms with van der Waals surface area (Å²) in [5, 5.41) is 11.9. The Bertz CT molecular complexity index is 353. The van der Waals surface area contributed by atoms with Gasteiger partial charge in [0, 0.05) is 6.54 Å². The molecule has 0 amide bonds. The highest BCUT2D eigenvalue weighted by molar-refractivity contribution is 5.88. The molecule has 0 saturated heterocycles. The molecule has 5 nitrogen and oxygen atoms in total. The number of aryl methyl sites for hydroxylation is 1. The number of carboxylic acid groups (broad SMARTS) is 1. The summed E-state index contributed by atoms with van der Waals surface area (Å²) < 4.78 is 0. The third-order valence-electron chi connectivity index (χ3n) is 2.00. The molecule has 1 aromatic rings. The SMILES string of the molecule is Cc1nc(NCCCN)ccc1C(=O)O. The summed E-state index contributed by atoms with van der Waals surface area (Å²) in [6.45, 7) is 3.05. The third-order valence-corrected chi connectivity index (χ3v) is 2.00. The molecule has 82 valence electrons. The molecule has 1 heterocycles. The smallest absolute Gasteiger partial charge is 0.337 e. The second-order valence-corrected chi connectivity index (χ2v) is 3.20. The normalized spacial score (nSPS) is 10.0. The maximum Gasteiger partial charge on any atom is 0.337 e. The molecule has 4 N–H and O–H groups in total. The largest absolute Gasteiger partial charge is 0.478 e. The molecule has 0 fully saturated rings. The Morgan fingerprint density at radius 3 is 2.87 bits per heavy atom. The monoisotopic (exact) mass is 209 g/mol. The molecular weight excluding hydrogens is 194 g/mol. The average Bonchev–Trinajstić information content (AvgIpc) is 2.17. The molecule has 0 unspecified atom stereocenters. The number of nitrogens with one attached hydrogen (secondary N) is 1. The van der Waals surface area contributed by atoms with Gasteiger partial charge in [-0.05, 0) is 32.0 Å². The van der Waals surface area contributed by atoms with Crippen molar-refractivity contribution in [2.24, 2.45) is 5.73 Å². The molecule has 5 heteroatoms. The Morgan fingerprint density at radius 2 is 2.33 bits per heavy atom. The van der Waals surface area contributed by atoms with Crippen molar-refractivity contribution < 1.29 is 9.90 Å². The van der Waals surface area contributed by atoms with Crippen molar-refractivity contribution in [2.75, 3.05) is 18.4 Å². The van der Waals surface area contributed by atoms with Crippen LogP contribution in [-0.4, -0.2) is 29.1 Å². The number of nitrogens with two attached hydrogens (primary N) is 1. The Morgan fingerprint density at radius 1 is 1.60 bits per heavy atom. The molecule has 0 aromatic carbocycles. The van der Waals surface area contributed by atoms with Crippen molar-refractivity contribution in [2.45, 2.75) is 13.3 Å². The minimum atomic E-state index is -0.950. The summed E-state index contributed by atoms with van der Waals surface area (Å²) >= 11 is 0. The number of carboxylic acids is 1. The fourth-order valence-electron chi connectivity index (χ4n) is 1.20. The molecule has 0 radical (unpaired) electrons. The van der Waals surface area contributed by atoms with Crippen LogP contribution in [0.25, 0.3) is 0 Å². The molecule has 0 aliphatic heterocycles. The van der Waals surface area contributed by atoms with Crippen molar-refractivity contribution >= 4 is 11.8 Å². The standard InChI is InChI=1S/C10H15N3O2/c1-7-8(10(14)15)3-4-9(13-7)12-6-2-5-11/h3-4H,2,5-6,11H2,1H3,(H,12,13)(H,14,15). The Kier molecular flexibility index (Phi) is 4.05. The highest BCUT2D eigenvalue weighted by Gasteiger charge is 2.07. The van der Waals surface area contributed by atoms with Crippen molar-refractivity contribution in [3.05, 3.63) is 23.4 Å². The highest BCUT2D eigenvalue weighted by Crippen LogP contribution is 2.10. The van der Waals surface area contributed by atoms with E-state index in [-0.39, 0.29) is 5.56 Å². The van der Waals surface area contributed by atoms with Crippen LogP contribution < -0.4 is 11.1 Å². The maximum absolute atomic E-state index is 10.7. The van der Waals surface area contributed by atoms with Gasteiger partial charge in [-0.1, -0.05) is 0 Å². The van der Waals surface area contributed by atoms with Gasteiger partial charge in [-0.3, -0.25) is 0 Å². The number of hydrogen-bond acceptors (Lipinski definition) is 4. The number of nitrogens with zero attached hydrogens (tertiary/aromatic N) is 1. The van der Waals surface area contributed by atoms with Gasteiger partial charge in [0.15, 0.2) is 0 Å². The summed E-state index contributed by atoms with van der Waals surface area (Å²) in [4.78, 5) is 14.8. The molecule has 0 spiro atoms. The molecule has 0 aliphatic carbocycles. The zero-order valence-corrected chi connectivity index (χ0v) is 8.66. The van der Waals surface area contributed by atoms with E-state index in [1.54, 1.807) is 19.1 Å². The van der Waals surface area contributed by atoms with Gasteiger partial charge in [0.05, 0.1) is 11.3 Å². The first-order valence-corrected chi connectivity index (χ1v) is 4.80. The number of aromatic carboxylic acids is 1. The van der Waals surface area contributed by atoms with Gasteiger partial charge in [0.25, 0.3) is 0 Å². The van der Waals surface area contributed by atoms with E-state index in [1.807, 2.05) is 0 Å². The van der Waals surface area contributed by atoms with Crippen molar-refractivity contribution in [3.8, 4) is 0 Å². The second kappa shape index (κ2) is 5.31. The molecular formula is C10H15N3O2. The average molecular weight is 209 g/mol. The predicted octanol–water partition coefficient (Wildman–Crippen LogP) is 0.849. The van der Waals surface area contributed by atoms with Crippen molar-refractivity contribution in [1.82, 2.24) is 4.98 Å². The van der Waals surface area contributed by atoms with Gasteiger partial charge < -0.3 is 16.2 Å². The number of pyridine rings is 1. The van der Waals surface area contributed by atoms with Gasteiger partial charge in [-0.2, -0.15) is 0 Å². The molecule has 15 heavy (non-hydrogen) atoms. The minimum absolute atomic E-state index is 0.236. The topological polar surface area (TPSA) is 88.2 Å². The summed E-state index contributed by atoms with van der Waals surface area (Å²) in [6.07, 6.45) is 0.863. The van der Waals surface area contributed by atoms with Crippen LogP contribution >= 0.6 is 0 Å². The van der Waals surface area contributed by atoms with E-state index < -0.39 is 5.97 Å². The van der Waals surface area contributed by atoms with E-state index in [0.717, 1.165) is 13.0 Å². The summed E-state index contributed by atoms with van der Waals surface area (Å²) in [7, 11) is 0. The van der Waals surface area contributed by atoms with Crippen LogP contribution in [0.2, 0.25) is 0 Å². The number of aromatic nitrogens is 1. The molecule has 0 saturated carbocycles. The molecule has 0 aliphatic rings. The highest BCUT2D eigenvalue weighted by atomic mass is 16.4. The van der Waals surface area contributed by atoms with Crippen LogP contribution in [0.4, 0.5) is 5.82 Å². The van der Waals surface area contributed by atoms with Crippen molar-refractivity contribution in [3.63, 3.8) is 0 Å². The van der Waals surface area contributed by atoms with Gasteiger partial charge >= 0.3 is 5.97 Å².